The van der Waals surface area contributed by atoms with Crippen LogP contribution >= 0.6 is 0 Å². The highest BCUT2D eigenvalue weighted by molar-refractivity contribution is 5.32. The van der Waals surface area contributed by atoms with Crippen molar-refractivity contribution in [1.29, 1.82) is 0 Å². The van der Waals surface area contributed by atoms with Crippen LogP contribution in [-0.4, -0.2) is 16.8 Å². The third-order valence-electron chi connectivity index (χ3n) is 3.96. The summed E-state index contributed by atoms with van der Waals surface area (Å²) in [7, 11) is 4.05. The van der Waals surface area contributed by atoms with Crippen molar-refractivity contribution in [2.24, 2.45) is 7.05 Å². The summed E-state index contributed by atoms with van der Waals surface area (Å²) in [5.74, 6) is 0. The lowest BCUT2D eigenvalue weighted by Crippen LogP contribution is -2.22. The monoisotopic (exact) mass is 271 g/mol. The average Bonchev–Trinajstić information content (AvgIpc) is 2.81. The normalized spacial score (nSPS) is 12.7. The lowest BCUT2D eigenvalue weighted by atomic mass is 9.97. The van der Waals surface area contributed by atoms with Crippen LogP contribution in [-0.2, 0) is 19.9 Å². The molecule has 108 valence electrons. The minimum atomic E-state index is 0.299. The SMILES string of the molecule is CCc1cc(C(Cc2cc(C)ccc2C)NC)n(C)n1. The van der Waals surface area contributed by atoms with E-state index >= 15 is 0 Å². The van der Waals surface area contributed by atoms with Crippen LogP contribution in [0.1, 0.15) is 41.0 Å². The molecule has 0 fully saturated rings. The minimum absolute atomic E-state index is 0.299. The molecule has 2 aromatic rings. The number of benzene rings is 1. The number of hydrogen-bond acceptors (Lipinski definition) is 2. The molecule has 0 aliphatic rings. The fraction of sp³-hybridized carbons (Fsp3) is 0.471. The zero-order valence-corrected chi connectivity index (χ0v) is 13.2. The quantitative estimate of drug-likeness (QED) is 0.905. The zero-order valence-electron chi connectivity index (χ0n) is 13.2. The number of aryl methyl sites for hydroxylation is 4. The van der Waals surface area contributed by atoms with Gasteiger partial charge >= 0.3 is 0 Å². The van der Waals surface area contributed by atoms with Gasteiger partial charge in [-0.15, -0.1) is 0 Å². The molecule has 0 bridgehead atoms. The lowest BCUT2D eigenvalue weighted by molar-refractivity contribution is 0.535. The fourth-order valence-corrected chi connectivity index (χ4v) is 2.64. The van der Waals surface area contributed by atoms with Crippen LogP contribution in [0.15, 0.2) is 24.3 Å². The molecule has 0 aliphatic carbocycles. The van der Waals surface area contributed by atoms with Crippen molar-refractivity contribution in [2.45, 2.75) is 39.7 Å². The molecule has 3 heteroatoms. The number of likely N-dealkylation sites (N-methyl/N-ethyl adjacent to an activating group) is 1. The van der Waals surface area contributed by atoms with E-state index in [2.05, 4.69) is 55.5 Å². The molecule has 1 N–H and O–H groups in total. The summed E-state index contributed by atoms with van der Waals surface area (Å²) in [5, 5.41) is 7.99. The van der Waals surface area contributed by atoms with Gasteiger partial charge < -0.3 is 5.32 Å². The maximum Gasteiger partial charge on any atom is 0.0625 e. The summed E-state index contributed by atoms with van der Waals surface area (Å²) in [6.07, 6.45) is 1.97. The summed E-state index contributed by atoms with van der Waals surface area (Å²) >= 11 is 0. The van der Waals surface area contributed by atoms with Gasteiger partial charge in [-0.25, -0.2) is 0 Å². The van der Waals surface area contributed by atoms with Gasteiger partial charge in [0.25, 0.3) is 0 Å². The number of rotatable bonds is 5. The Morgan fingerprint density at radius 2 is 2.00 bits per heavy atom. The first-order chi connectivity index (χ1) is 9.55. The van der Waals surface area contributed by atoms with Crippen LogP contribution in [0.2, 0.25) is 0 Å². The Labute approximate surface area is 122 Å². The van der Waals surface area contributed by atoms with Crippen LogP contribution in [0, 0.1) is 13.8 Å². The molecule has 20 heavy (non-hydrogen) atoms. The zero-order chi connectivity index (χ0) is 14.7. The lowest BCUT2D eigenvalue weighted by Gasteiger charge is -2.18. The molecule has 0 aliphatic heterocycles. The van der Waals surface area contributed by atoms with Crippen LogP contribution in [0.25, 0.3) is 0 Å². The third-order valence-corrected chi connectivity index (χ3v) is 3.96. The molecule has 2 rings (SSSR count). The fourth-order valence-electron chi connectivity index (χ4n) is 2.64. The van der Waals surface area contributed by atoms with Gasteiger partial charge in [0.2, 0.25) is 0 Å². The van der Waals surface area contributed by atoms with E-state index in [4.69, 9.17) is 0 Å². The maximum atomic E-state index is 4.56. The van der Waals surface area contributed by atoms with Crippen molar-refractivity contribution in [3.63, 3.8) is 0 Å². The second kappa shape index (κ2) is 6.23. The summed E-state index contributed by atoms with van der Waals surface area (Å²) in [5.41, 5.74) is 6.49. The van der Waals surface area contributed by atoms with E-state index in [9.17, 15) is 0 Å². The Morgan fingerprint density at radius 1 is 1.25 bits per heavy atom. The highest BCUT2D eigenvalue weighted by Gasteiger charge is 2.16. The van der Waals surface area contributed by atoms with Gasteiger partial charge in [-0.05, 0) is 50.9 Å². The molecule has 1 atom stereocenters. The van der Waals surface area contributed by atoms with E-state index in [0.717, 1.165) is 18.5 Å². The minimum Gasteiger partial charge on any atom is -0.311 e. The molecule has 1 aromatic carbocycles. The Morgan fingerprint density at radius 3 is 2.60 bits per heavy atom. The first kappa shape index (κ1) is 14.8. The predicted molar refractivity (Wildman–Crippen MR) is 84.0 cm³/mol. The molecule has 1 unspecified atom stereocenters. The molecule has 1 aromatic heterocycles. The Kier molecular flexibility index (Phi) is 4.61. The molecular formula is C17H25N3. The van der Waals surface area contributed by atoms with E-state index in [1.807, 2.05) is 18.8 Å². The molecule has 0 spiro atoms. The summed E-state index contributed by atoms with van der Waals surface area (Å²) < 4.78 is 2.01. The van der Waals surface area contributed by atoms with Crippen LogP contribution in [0.4, 0.5) is 0 Å². The van der Waals surface area contributed by atoms with E-state index in [0.29, 0.717) is 6.04 Å². The Bertz CT molecular complexity index is 584. The number of hydrogen-bond donors (Lipinski definition) is 1. The van der Waals surface area contributed by atoms with Gasteiger partial charge in [-0.2, -0.15) is 5.10 Å². The molecule has 0 saturated heterocycles. The van der Waals surface area contributed by atoms with E-state index in [1.165, 1.54) is 22.4 Å². The molecule has 0 radical (unpaired) electrons. The molecule has 0 amide bonds. The molecular weight excluding hydrogens is 246 g/mol. The van der Waals surface area contributed by atoms with E-state index in [-0.39, 0.29) is 0 Å². The standard InChI is InChI=1S/C17H25N3/c1-6-15-11-17(20(5)19-15)16(18-4)10-14-9-12(2)7-8-13(14)3/h7-9,11,16,18H,6,10H2,1-5H3. The van der Waals surface area contributed by atoms with Crippen LogP contribution in [0.5, 0.6) is 0 Å². The predicted octanol–water partition coefficient (Wildman–Crippen LogP) is 3.10. The van der Waals surface area contributed by atoms with Gasteiger partial charge in [-0.1, -0.05) is 30.7 Å². The van der Waals surface area contributed by atoms with Crippen molar-refractivity contribution < 1.29 is 0 Å². The van der Waals surface area contributed by atoms with E-state index < -0.39 is 0 Å². The summed E-state index contributed by atoms with van der Waals surface area (Å²) in [6.45, 7) is 6.48. The number of aromatic nitrogens is 2. The van der Waals surface area contributed by atoms with Crippen molar-refractivity contribution in [3.8, 4) is 0 Å². The molecule has 1 heterocycles. The topological polar surface area (TPSA) is 29.9 Å². The highest BCUT2D eigenvalue weighted by Crippen LogP contribution is 2.21. The van der Waals surface area contributed by atoms with Gasteiger partial charge in [0.1, 0.15) is 0 Å². The van der Waals surface area contributed by atoms with Crippen molar-refractivity contribution in [1.82, 2.24) is 15.1 Å². The average molecular weight is 271 g/mol. The molecule has 3 nitrogen and oxygen atoms in total. The van der Waals surface area contributed by atoms with Crippen molar-refractivity contribution >= 4 is 0 Å². The van der Waals surface area contributed by atoms with Gasteiger partial charge in [0.05, 0.1) is 17.4 Å². The number of nitrogens with zero attached hydrogens (tertiary/aromatic N) is 2. The van der Waals surface area contributed by atoms with Crippen LogP contribution in [0.3, 0.4) is 0 Å². The Balaban J connectivity index is 2.28. The summed E-state index contributed by atoms with van der Waals surface area (Å²) in [4.78, 5) is 0. The van der Waals surface area contributed by atoms with E-state index in [1.54, 1.807) is 0 Å². The highest BCUT2D eigenvalue weighted by atomic mass is 15.3. The van der Waals surface area contributed by atoms with Crippen LogP contribution < -0.4 is 5.32 Å². The van der Waals surface area contributed by atoms with Gasteiger partial charge in [0.15, 0.2) is 0 Å². The van der Waals surface area contributed by atoms with Gasteiger partial charge in [-0.3, -0.25) is 4.68 Å². The maximum absolute atomic E-state index is 4.56. The number of nitrogens with one attached hydrogen (secondary N) is 1. The van der Waals surface area contributed by atoms with Gasteiger partial charge in [0, 0.05) is 7.05 Å². The second-order valence-electron chi connectivity index (χ2n) is 5.51. The van der Waals surface area contributed by atoms with Crippen molar-refractivity contribution in [3.05, 3.63) is 52.3 Å². The first-order valence-electron chi connectivity index (χ1n) is 7.31. The van der Waals surface area contributed by atoms with Crippen molar-refractivity contribution in [2.75, 3.05) is 7.05 Å². The molecule has 0 saturated carbocycles. The largest absolute Gasteiger partial charge is 0.311 e. The Hall–Kier alpha value is -1.61. The smallest absolute Gasteiger partial charge is 0.0625 e. The summed E-state index contributed by atoms with van der Waals surface area (Å²) in [6, 6.07) is 9.18. The third kappa shape index (κ3) is 3.10. The second-order valence-corrected chi connectivity index (χ2v) is 5.51. The first-order valence-corrected chi connectivity index (χ1v) is 7.31.